The first-order valence-corrected chi connectivity index (χ1v) is 5.97. The molecule has 16 heavy (non-hydrogen) atoms. The molecule has 1 N–H and O–H groups in total. The van der Waals surface area contributed by atoms with Crippen molar-refractivity contribution in [2.75, 3.05) is 14.2 Å². The van der Waals surface area contributed by atoms with Crippen LogP contribution in [0.2, 0.25) is 0 Å². The zero-order chi connectivity index (χ0) is 12.0. The van der Waals surface area contributed by atoms with Crippen LogP contribution in [0.25, 0.3) is 0 Å². The van der Waals surface area contributed by atoms with Crippen LogP contribution in [0.4, 0.5) is 0 Å². The van der Waals surface area contributed by atoms with Crippen molar-refractivity contribution in [1.29, 1.82) is 0 Å². The van der Waals surface area contributed by atoms with Crippen molar-refractivity contribution in [3.63, 3.8) is 0 Å². The maximum atomic E-state index is 5.50. The van der Waals surface area contributed by atoms with Crippen molar-refractivity contribution in [3.05, 3.63) is 35.4 Å². The number of hydrogen-bond acceptors (Lipinski definition) is 2. The molecule has 0 spiro atoms. The van der Waals surface area contributed by atoms with E-state index < -0.39 is 0 Å². The summed E-state index contributed by atoms with van der Waals surface area (Å²) >= 11 is 0. The van der Waals surface area contributed by atoms with Crippen LogP contribution >= 0.6 is 0 Å². The molecule has 2 unspecified atom stereocenters. The highest BCUT2D eigenvalue weighted by Gasteiger charge is 2.18. The van der Waals surface area contributed by atoms with Gasteiger partial charge in [0.15, 0.2) is 0 Å². The van der Waals surface area contributed by atoms with E-state index in [1.807, 2.05) is 7.05 Å². The number of rotatable bonds is 6. The van der Waals surface area contributed by atoms with Crippen LogP contribution in [0.15, 0.2) is 24.3 Å². The lowest BCUT2D eigenvalue weighted by atomic mass is 9.97. The maximum absolute atomic E-state index is 5.50. The Kier molecular flexibility index (Phi) is 5.50. The average Bonchev–Trinajstić information content (AvgIpc) is 2.31. The first-order chi connectivity index (χ1) is 7.72. The Morgan fingerprint density at radius 1 is 1.31 bits per heavy atom. The molecule has 2 nitrogen and oxygen atoms in total. The van der Waals surface area contributed by atoms with Crippen LogP contribution in [0.3, 0.4) is 0 Å². The standard InChI is InChI=1S/C14H23NO/c1-5-14(16-4)13(15-3)10-12-9-7-6-8-11(12)2/h6-9,13-15H,5,10H2,1-4H3. The summed E-state index contributed by atoms with van der Waals surface area (Å²) in [5, 5.41) is 3.35. The molecular formula is C14H23NO. The van der Waals surface area contributed by atoms with Gasteiger partial charge in [0.1, 0.15) is 0 Å². The van der Waals surface area contributed by atoms with Gasteiger partial charge < -0.3 is 10.1 Å². The Bertz CT molecular complexity index is 307. The molecule has 0 saturated carbocycles. The van der Waals surface area contributed by atoms with Crippen LogP contribution in [0, 0.1) is 6.92 Å². The third-order valence-electron chi connectivity index (χ3n) is 3.23. The zero-order valence-corrected chi connectivity index (χ0v) is 10.8. The molecule has 2 atom stereocenters. The fourth-order valence-electron chi connectivity index (χ4n) is 2.11. The van der Waals surface area contributed by atoms with Crippen molar-refractivity contribution in [2.24, 2.45) is 0 Å². The van der Waals surface area contributed by atoms with Crippen molar-refractivity contribution < 1.29 is 4.74 Å². The number of ether oxygens (including phenoxy) is 1. The lowest BCUT2D eigenvalue weighted by Gasteiger charge is -2.25. The quantitative estimate of drug-likeness (QED) is 0.797. The number of nitrogens with one attached hydrogen (secondary N) is 1. The van der Waals surface area contributed by atoms with Crippen molar-refractivity contribution in [1.82, 2.24) is 5.32 Å². The number of aryl methyl sites for hydroxylation is 1. The molecule has 2 heteroatoms. The lowest BCUT2D eigenvalue weighted by molar-refractivity contribution is 0.0677. The molecule has 1 aromatic rings. The molecule has 0 aliphatic carbocycles. The summed E-state index contributed by atoms with van der Waals surface area (Å²) in [4.78, 5) is 0. The van der Waals surface area contributed by atoms with E-state index >= 15 is 0 Å². The first-order valence-electron chi connectivity index (χ1n) is 5.97. The van der Waals surface area contributed by atoms with Crippen LogP contribution < -0.4 is 5.32 Å². The minimum atomic E-state index is 0.282. The van der Waals surface area contributed by atoms with E-state index in [1.165, 1.54) is 11.1 Å². The summed E-state index contributed by atoms with van der Waals surface area (Å²) in [5.74, 6) is 0. The van der Waals surface area contributed by atoms with Crippen molar-refractivity contribution in [2.45, 2.75) is 38.8 Å². The number of methoxy groups -OCH3 is 1. The van der Waals surface area contributed by atoms with Gasteiger partial charge in [-0.1, -0.05) is 31.2 Å². The third-order valence-corrected chi connectivity index (χ3v) is 3.23. The zero-order valence-electron chi connectivity index (χ0n) is 10.8. The van der Waals surface area contributed by atoms with Crippen LogP contribution in [0.1, 0.15) is 24.5 Å². The molecule has 0 aliphatic heterocycles. The molecule has 0 bridgehead atoms. The molecule has 0 amide bonds. The summed E-state index contributed by atoms with van der Waals surface area (Å²) in [6.45, 7) is 4.33. The van der Waals surface area contributed by atoms with Gasteiger partial charge in [-0.25, -0.2) is 0 Å². The third kappa shape index (κ3) is 3.32. The van der Waals surface area contributed by atoms with E-state index in [1.54, 1.807) is 7.11 Å². The smallest absolute Gasteiger partial charge is 0.0724 e. The monoisotopic (exact) mass is 221 g/mol. The van der Waals surface area contributed by atoms with E-state index in [4.69, 9.17) is 4.74 Å². The molecule has 1 rings (SSSR count). The van der Waals surface area contributed by atoms with Crippen molar-refractivity contribution >= 4 is 0 Å². The second kappa shape index (κ2) is 6.66. The molecule has 0 aliphatic rings. The predicted molar refractivity (Wildman–Crippen MR) is 68.8 cm³/mol. The van der Waals surface area contributed by atoms with Gasteiger partial charge in [0.2, 0.25) is 0 Å². The summed E-state index contributed by atoms with van der Waals surface area (Å²) in [6.07, 6.45) is 2.34. The number of benzene rings is 1. The number of hydrogen-bond donors (Lipinski definition) is 1. The second-order valence-electron chi connectivity index (χ2n) is 4.21. The highest BCUT2D eigenvalue weighted by Crippen LogP contribution is 2.13. The van der Waals surface area contributed by atoms with Gasteiger partial charge in [-0.15, -0.1) is 0 Å². The average molecular weight is 221 g/mol. The highest BCUT2D eigenvalue weighted by molar-refractivity contribution is 5.26. The van der Waals surface area contributed by atoms with Crippen LogP contribution in [-0.2, 0) is 11.2 Å². The Morgan fingerprint density at radius 3 is 2.50 bits per heavy atom. The molecular weight excluding hydrogens is 198 g/mol. The van der Waals surface area contributed by atoms with Gasteiger partial charge in [-0.05, 0) is 37.9 Å². The maximum Gasteiger partial charge on any atom is 0.0724 e. The minimum absolute atomic E-state index is 0.282. The van der Waals surface area contributed by atoms with Gasteiger partial charge in [0, 0.05) is 13.2 Å². The normalized spacial score (nSPS) is 14.8. The van der Waals surface area contributed by atoms with Crippen LogP contribution in [-0.4, -0.2) is 26.3 Å². The van der Waals surface area contributed by atoms with E-state index in [-0.39, 0.29) is 6.10 Å². The van der Waals surface area contributed by atoms with Gasteiger partial charge in [0.25, 0.3) is 0 Å². The lowest BCUT2D eigenvalue weighted by Crippen LogP contribution is -2.40. The minimum Gasteiger partial charge on any atom is -0.380 e. The highest BCUT2D eigenvalue weighted by atomic mass is 16.5. The van der Waals surface area contributed by atoms with E-state index in [0.29, 0.717) is 6.04 Å². The van der Waals surface area contributed by atoms with Gasteiger partial charge in [-0.3, -0.25) is 0 Å². The van der Waals surface area contributed by atoms with Crippen molar-refractivity contribution in [3.8, 4) is 0 Å². The van der Waals surface area contributed by atoms with Crippen LogP contribution in [0.5, 0.6) is 0 Å². The Labute approximate surface area is 99.0 Å². The molecule has 0 radical (unpaired) electrons. The topological polar surface area (TPSA) is 21.3 Å². The first kappa shape index (κ1) is 13.2. The summed E-state index contributed by atoms with van der Waals surface area (Å²) < 4.78 is 5.50. The SMILES string of the molecule is CCC(OC)C(Cc1ccccc1C)NC. The fourth-order valence-corrected chi connectivity index (χ4v) is 2.11. The summed E-state index contributed by atoms with van der Waals surface area (Å²) in [6, 6.07) is 8.93. The summed E-state index contributed by atoms with van der Waals surface area (Å²) in [7, 11) is 3.79. The molecule has 0 heterocycles. The second-order valence-corrected chi connectivity index (χ2v) is 4.21. The predicted octanol–water partition coefficient (Wildman–Crippen LogP) is 2.55. The van der Waals surface area contributed by atoms with Gasteiger partial charge >= 0.3 is 0 Å². The molecule has 90 valence electrons. The van der Waals surface area contributed by atoms with E-state index in [9.17, 15) is 0 Å². The molecule has 0 fully saturated rings. The number of likely N-dealkylation sites (N-methyl/N-ethyl adjacent to an activating group) is 1. The molecule has 0 saturated heterocycles. The van der Waals surface area contributed by atoms with Gasteiger partial charge in [0.05, 0.1) is 6.10 Å². The van der Waals surface area contributed by atoms with E-state index in [2.05, 4.69) is 43.4 Å². The largest absolute Gasteiger partial charge is 0.380 e. The Morgan fingerprint density at radius 2 is 2.00 bits per heavy atom. The summed E-state index contributed by atoms with van der Waals surface area (Å²) in [5.41, 5.74) is 2.76. The Balaban J connectivity index is 2.73. The van der Waals surface area contributed by atoms with Gasteiger partial charge in [-0.2, -0.15) is 0 Å². The molecule has 0 aromatic heterocycles. The molecule has 1 aromatic carbocycles. The fraction of sp³-hybridized carbons (Fsp3) is 0.571. The Hall–Kier alpha value is -0.860. The van der Waals surface area contributed by atoms with E-state index in [0.717, 1.165) is 12.8 Å².